The smallest absolute Gasteiger partial charge is 0.431 e. The maximum absolute atomic E-state index is 12.4. The summed E-state index contributed by atoms with van der Waals surface area (Å²) in [5.41, 5.74) is 1.20. The number of aliphatic hydroxyl groups excluding tert-OH is 1. The van der Waals surface area contributed by atoms with Gasteiger partial charge in [0.05, 0.1) is 31.3 Å². The Morgan fingerprint density at radius 3 is 2.37 bits per heavy atom. The SMILES string of the molecule is C=CCONC(=O)OCCC(=O)C(C)C=O.CC.CC1CC(N(C)C)CCC(O)O1.CCC[C@@H](C)C(=O)C(C)C1NC(=O)O[C@]1(C)COC. The molecule has 6 unspecified atom stereocenters. The zero-order chi connectivity index (χ0) is 38.2. The van der Waals surface area contributed by atoms with Crippen molar-refractivity contribution in [2.45, 2.75) is 124 Å². The Morgan fingerprint density at radius 1 is 1.20 bits per heavy atom. The van der Waals surface area contributed by atoms with Crippen LogP contribution in [-0.4, -0.2) is 111 Å². The molecule has 49 heavy (non-hydrogen) atoms. The second-order valence-corrected chi connectivity index (χ2v) is 12.4. The Kier molecular flexibility index (Phi) is 26.5. The molecule has 2 aliphatic rings. The Morgan fingerprint density at radius 2 is 1.84 bits per heavy atom. The minimum atomic E-state index is -0.785. The van der Waals surface area contributed by atoms with E-state index >= 15 is 0 Å². The first kappa shape index (κ1) is 48.2. The number of cyclic esters (lactones) is 1. The van der Waals surface area contributed by atoms with Crippen LogP contribution in [0.4, 0.5) is 9.59 Å². The number of nitrogens with zero attached hydrogens (tertiary/aromatic N) is 1. The molecule has 2 aliphatic heterocycles. The molecule has 0 radical (unpaired) electrons. The van der Waals surface area contributed by atoms with Gasteiger partial charge in [0.25, 0.3) is 0 Å². The summed E-state index contributed by atoms with van der Waals surface area (Å²) in [5, 5.41) is 12.1. The first-order valence-electron chi connectivity index (χ1n) is 17.2. The third kappa shape index (κ3) is 19.8. The average Bonchev–Trinajstić information content (AvgIpc) is 3.24. The third-order valence-electron chi connectivity index (χ3n) is 7.97. The number of rotatable bonds is 16. The molecular formula is C35H65N3O11. The van der Waals surface area contributed by atoms with Gasteiger partial charge >= 0.3 is 12.2 Å². The number of ether oxygens (including phenoxy) is 4. The van der Waals surface area contributed by atoms with Gasteiger partial charge in [0.15, 0.2) is 11.9 Å². The number of nitrogens with one attached hydrogen (secondary N) is 2. The van der Waals surface area contributed by atoms with Crippen molar-refractivity contribution in [1.82, 2.24) is 15.7 Å². The van der Waals surface area contributed by atoms with Gasteiger partial charge in [-0.2, -0.15) is 5.48 Å². The van der Waals surface area contributed by atoms with Crippen LogP contribution in [0.5, 0.6) is 0 Å². The largest absolute Gasteiger partial charge is 0.448 e. The summed E-state index contributed by atoms with van der Waals surface area (Å²) in [4.78, 5) is 62.9. The van der Waals surface area contributed by atoms with Gasteiger partial charge in [-0.15, -0.1) is 6.58 Å². The van der Waals surface area contributed by atoms with Crippen molar-refractivity contribution < 1.29 is 52.9 Å². The first-order chi connectivity index (χ1) is 23.1. The van der Waals surface area contributed by atoms with Crippen molar-refractivity contribution >= 4 is 30.0 Å². The van der Waals surface area contributed by atoms with Crippen LogP contribution in [0.15, 0.2) is 12.7 Å². The lowest BCUT2D eigenvalue weighted by Gasteiger charge is -2.31. The summed E-state index contributed by atoms with van der Waals surface area (Å²) >= 11 is 0. The van der Waals surface area contributed by atoms with E-state index in [4.69, 9.17) is 14.2 Å². The van der Waals surface area contributed by atoms with E-state index in [1.54, 1.807) is 14.0 Å². The standard InChI is InChI=1S/C14H25NO4.C10H15NO5.C9H19NO2.C2H6/c1-6-7-9(2)11(16)10(3)12-14(4,8-18-5)19-13(17)15-12;1-3-5-16-11-10(14)15-6-4-9(13)8(2)7-12;1-7-6-8(10(2)3)4-5-9(11)12-7;1-2/h9-10,12H,6-8H2,1-5H3,(H,15,17);3,7-8H,1,4-6H2,2H3,(H,11,14);7-9,11H,4-6H2,1-3H3;1-2H3/t9-,10?,12?,14-;;;/m1.../s1. The number of hydroxylamine groups is 1. The number of hydrogen-bond donors (Lipinski definition) is 3. The lowest BCUT2D eigenvalue weighted by atomic mass is 9.81. The minimum Gasteiger partial charge on any atom is -0.448 e. The van der Waals surface area contributed by atoms with Crippen molar-refractivity contribution in [1.29, 1.82) is 0 Å². The van der Waals surface area contributed by atoms with E-state index in [0.717, 1.165) is 32.1 Å². The monoisotopic (exact) mass is 703 g/mol. The van der Waals surface area contributed by atoms with Crippen LogP contribution in [0.3, 0.4) is 0 Å². The summed E-state index contributed by atoms with van der Waals surface area (Å²) in [6.45, 7) is 18.9. The molecule has 8 atom stereocenters. The van der Waals surface area contributed by atoms with Crippen LogP contribution in [0.25, 0.3) is 0 Å². The number of methoxy groups -OCH3 is 1. The van der Waals surface area contributed by atoms with Gasteiger partial charge < -0.3 is 39.1 Å². The molecular weight excluding hydrogens is 638 g/mol. The number of alkyl carbamates (subject to hydrolysis) is 1. The molecule has 0 bridgehead atoms. The molecule has 2 amide bonds. The number of amides is 2. The summed E-state index contributed by atoms with van der Waals surface area (Å²) < 4.78 is 20.3. The van der Waals surface area contributed by atoms with E-state index < -0.39 is 30.0 Å². The molecule has 286 valence electrons. The molecule has 3 N–H and O–H groups in total. The van der Waals surface area contributed by atoms with E-state index in [2.05, 4.69) is 47.4 Å². The Labute approximate surface area is 293 Å². The van der Waals surface area contributed by atoms with Gasteiger partial charge in [-0.25, -0.2) is 9.59 Å². The number of carbonyl (C=O) groups excluding carboxylic acids is 5. The second-order valence-electron chi connectivity index (χ2n) is 12.4. The Hall–Kier alpha value is -2.91. The van der Waals surface area contributed by atoms with E-state index in [9.17, 15) is 29.1 Å². The maximum Gasteiger partial charge on any atom is 0.431 e. The molecule has 0 aromatic carbocycles. The van der Waals surface area contributed by atoms with Gasteiger partial charge in [-0.05, 0) is 60.5 Å². The molecule has 0 saturated carbocycles. The van der Waals surface area contributed by atoms with E-state index in [1.807, 2.05) is 40.1 Å². The molecule has 2 fully saturated rings. The maximum atomic E-state index is 12.4. The highest BCUT2D eigenvalue weighted by atomic mass is 16.7. The van der Waals surface area contributed by atoms with Crippen LogP contribution >= 0.6 is 0 Å². The van der Waals surface area contributed by atoms with Gasteiger partial charge in [0.2, 0.25) is 0 Å². The topological polar surface area (TPSA) is 179 Å². The average molecular weight is 704 g/mol. The summed E-state index contributed by atoms with van der Waals surface area (Å²) in [6, 6.07) is 0.212. The van der Waals surface area contributed by atoms with Crippen LogP contribution < -0.4 is 10.8 Å². The van der Waals surface area contributed by atoms with Gasteiger partial charge in [0, 0.05) is 31.4 Å². The fourth-order valence-electron chi connectivity index (χ4n) is 5.27. The number of carbonyl (C=O) groups is 5. The molecule has 14 heteroatoms. The molecule has 2 rings (SSSR count). The van der Waals surface area contributed by atoms with Crippen LogP contribution in [0.1, 0.15) is 93.9 Å². The lowest BCUT2D eigenvalue weighted by Crippen LogP contribution is -2.51. The molecule has 0 aromatic rings. The summed E-state index contributed by atoms with van der Waals surface area (Å²) in [7, 11) is 5.71. The summed E-state index contributed by atoms with van der Waals surface area (Å²) in [5.74, 6) is -1.05. The lowest BCUT2D eigenvalue weighted by molar-refractivity contribution is -0.129. The fraction of sp³-hybridized carbons (Fsp3) is 0.800. The Balaban J connectivity index is 0. The predicted molar refractivity (Wildman–Crippen MR) is 187 cm³/mol. The fourth-order valence-corrected chi connectivity index (χ4v) is 5.27. The number of aldehydes is 1. The van der Waals surface area contributed by atoms with E-state index in [1.165, 1.54) is 13.0 Å². The molecule has 14 nitrogen and oxygen atoms in total. The van der Waals surface area contributed by atoms with Gasteiger partial charge in [-0.1, -0.05) is 47.1 Å². The highest BCUT2D eigenvalue weighted by Gasteiger charge is 2.50. The van der Waals surface area contributed by atoms with Crippen LogP contribution in [0.2, 0.25) is 0 Å². The zero-order valence-electron chi connectivity index (χ0n) is 31.7. The first-order valence-corrected chi connectivity index (χ1v) is 17.2. The van der Waals surface area contributed by atoms with Crippen molar-refractivity contribution in [2.75, 3.05) is 41.0 Å². The number of aliphatic hydroxyl groups is 1. The second kappa shape index (κ2) is 26.9. The number of Topliss-reactive ketones (excluding diaryl/α,β-unsaturated/α-hetero) is 2. The van der Waals surface area contributed by atoms with Gasteiger partial charge in [0.1, 0.15) is 24.5 Å². The highest BCUT2D eigenvalue weighted by Crippen LogP contribution is 2.30. The molecule has 2 heterocycles. The molecule has 0 aliphatic carbocycles. The van der Waals surface area contributed by atoms with Crippen LogP contribution in [0, 0.1) is 17.8 Å². The van der Waals surface area contributed by atoms with Crippen molar-refractivity contribution in [3.8, 4) is 0 Å². The number of hydrogen-bond acceptors (Lipinski definition) is 12. The van der Waals surface area contributed by atoms with Crippen LogP contribution in [-0.2, 0) is 38.2 Å². The Bertz CT molecular complexity index is 980. The molecule has 2 saturated heterocycles. The normalized spacial score (nSPS) is 24.6. The predicted octanol–water partition coefficient (Wildman–Crippen LogP) is 4.62. The number of ketones is 2. The molecule has 0 spiro atoms. The molecule has 0 aromatic heterocycles. The van der Waals surface area contributed by atoms with Crippen molar-refractivity contribution in [3.63, 3.8) is 0 Å². The minimum absolute atomic E-state index is 0.00398. The summed E-state index contributed by atoms with van der Waals surface area (Å²) in [6.07, 6.45) is 5.02. The third-order valence-corrected chi connectivity index (χ3v) is 7.97. The highest BCUT2D eigenvalue weighted by molar-refractivity contribution is 5.92. The quantitative estimate of drug-likeness (QED) is 0.0669. The zero-order valence-corrected chi connectivity index (χ0v) is 31.7. The van der Waals surface area contributed by atoms with Gasteiger partial charge in [-0.3, -0.25) is 14.4 Å². The van der Waals surface area contributed by atoms with Crippen molar-refractivity contribution in [2.24, 2.45) is 17.8 Å². The van der Waals surface area contributed by atoms with E-state index in [-0.39, 0.29) is 61.8 Å². The van der Waals surface area contributed by atoms with Crippen molar-refractivity contribution in [3.05, 3.63) is 12.7 Å². The van der Waals surface area contributed by atoms with E-state index in [0.29, 0.717) is 12.3 Å².